The summed E-state index contributed by atoms with van der Waals surface area (Å²) in [6.45, 7) is 3.27. The summed E-state index contributed by atoms with van der Waals surface area (Å²) in [4.78, 5) is 10.4. The number of nitrogens with zero attached hydrogens (tertiary/aromatic N) is 1. The Kier molecular flexibility index (Phi) is 5.03. The smallest absolute Gasteiger partial charge is 0.283 e. The zero-order valence-electron chi connectivity index (χ0n) is 9.84. The topological polar surface area (TPSA) is 63.4 Å². The number of nitro groups is 1. The molecule has 4 nitrogen and oxygen atoms in total. The molecule has 0 bridgehead atoms. The zero-order valence-corrected chi connectivity index (χ0v) is 10.7. The number of nitro benzene ring substituents is 1. The van der Waals surface area contributed by atoms with E-state index in [-0.39, 0.29) is 21.4 Å². The Hall–Kier alpha value is -1.21. The van der Waals surface area contributed by atoms with Crippen LogP contribution in [0.1, 0.15) is 25.8 Å². The Morgan fingerprint density at radius 2 is 2.00 bits per heavy atom. The molecule has 0 radical (unpaired) electrons. The van der Waals surface area contributed by atoms with Crippen molar-refractivity contribution in [3.05, 3.63) is 33.9 Å². The van der Waals surface area contributed by atoms with Crippen molar-refractivity contribution in [3.63, 3.8) is 0 Å². The second-order valence-corrected chi connectivity index (χ2v) is 5.27. The van der Waals surface area contributed by atoms with Crippen molar-refractivity contribution in [3.8, 4) is 0 Å². The van der Waals surface area contributed by atoms with Crippen LogP contribution < -0.4 is 0 Å². The van der Waals surface area contributed by atoms with E-state index >= 15 is 0 Å². The van der Waals surface area contributed by atoms with Gasteiger partial charge in [0.1, 0.15) is 0 Å². The Labute approximate surface area is 107 Å². The highest BCUT2D eigenvalue weighted by atomic mass is 32.2. The van der Waals surface area contributed by atoms with Gasteiger partial charge in [-0.3, -0.25) is 10.1 Å². The summed E-state index contributed by atoms with van der Waals surface area (Å²) in [6, 6.07) is 3.33. The molecule has 18 heavy (non-hydrogen) atoms. The average molecular weight is 277 g/mol. The van der Waals surface area contributed by atoms with Crippen LogP contribution in [0.15, 0.2) is 23.1 Å². The van der Waals surface area contributed by atoms with E-state index in [1.54, 1.807) is 13.8 Å². The molecule has 0 heterocycles. The molecule has 0 saturated carbocycles. The van der Waals surface area contributed by atoms with Gasteiger partial charge in [-0.25, -0.2) is 8.78 Å². The highest BCUT2D eigenvalue weighted by Crippen LogP contribution is 2.35. The lowest BCUT2D eigenvalue weighted by molar-refractivity contribution is -0.387. The van der Waals surface area contributed by atoms with E-state index in [1.807, 2.05) is 0 Å². The van der Waals surface area contributed by atoms with Gasteiger partial charge in [-0.1, -0.05) is 13.0 Å². The van der Waals surface area contributed by atoms with E-state index in [0.717, 1.165) is 23.9 Å². The summed E-state index contributed by atoms with van der Waals surface area (Å²) in [5.74, 6) is 0. The largest absolute Gasteiger partial charge is 0.392 e. The van der Waals surface area contributed by atoms with Crippen LogP contribution in [-0.2, 0) is 0 Å². The molecule has 1 aromatic carbocycles. The van der Waals surface area contributed by atoms with Gasteiger partial charge in [0.2, 0.25) is 0 Å². The van der Waals surface area contributed by atoms with Crippen LogP contribution in [-0.4, -0.2) is 21.4 Å². The lowest BCUT2D eigenvalue weighted by atomic mass is 10.2. The number of thioether (sulfide) groups is 1. The molecular weight excluding hydrogens is 264 g/mol. The number of hydrogen-bond donors (Lipinski definition) is 1. The van der Waals surface area contributed by atoms with Gasteiger partial charge in [0.05, 0.1) is 15.9 Å². The molecule has 1 N–H and O–H groups in total. The van der Waals surface area contributed by atoms with Gasteiger partial charge >= 0.3 is 0 Å². The fourth-order valence-electron chi connectivity index (χ4n) is 1.21. The first-order chi connectivity index (χ1) is 8.32. The summed E-state index contributed by atoms with van der Waals surface area (Å²) in [5, 5.41) is 19.9. The molecule has 100 valence electrons. The number of hydrogen-bond acceptors (Lipinski definition) is 4. The maximum Gasteiger partial charge on any atom is 0.283 e. The molecule has 0 aliphatic rings. The minimum atomic E-state index is -2.74. The highest BCUT2D eigenvalue weighted by molar-refractivity contribution is 8.00. The molecule has 0 aliphatic heterocycles. The van der Waals surface area contributed by atoms with E-state index in [2.05, 4.69) is 0 Å². The first-order valence-electron chi connectivity index (χ1n) is 5.24. The summed E-state index contributed by atoms with van der Waals surface area (Å²) in [5.41, 5.74) is -0.735. The normalized spacial score (nSPS) is 14.6. The summed E-state index contributed by atoms with van der Waals surface area (Å²) in [6.07, 6.45) is -3.39. The molecular formula is C11H13F2NO3S. The molecule has 1 rings (SSSR count). The van der Waals surface area contributed by atoms with Crippen molar-refractivity contribution in [2.24, 2.45) is 0 Å². The molecule has 7 heteroatoms. The molecule has 0 aliphatic carbocycles. The van der Waals surface area contributed by atoms with Crippen molar-refractivity contribution in [1.29, 1.82) is 0 Å². The molecule has 0 fully saturated rings. The van der Waals surface area contributed by atoms with Crippen molar-refractivity contribution in [2.45, 2.75) is 36.5 Å². The number of benzene rings is 1. The van der Waals surface area contributed by atoms with Crippen LogP contribution in [0.25, 0.3) is 0 Å². The molecule has 2 unspecified atom stereocenters. The fraction of sp³-hybridized carbons (Fsp3) is 0.455. The van der Waals surface area contributed by atoms with E-state index < -0.39 is 17.5 Å². The van der Waals surface area contributed by atoms with Gasteiger partial charge < -0.3 is 5.11 Å². The maximum atomic E-state index is 12.5. The van der Waals surface area contributed by atoms with Crippen molar-refractivity contribution in [2.75, 3.05) is 0 Å². The van der Waals surface area contributed by atoms with Gasteiger partial charge in [0.15, 0.2) is 0 Å². The number of aliphatic hydroxyl groups excluding tert-OH is 1. The molecule has 0 amide bonds. The summed E-state index contributed by atoms with van der Waals surface area (Å²) < 4.78 is 24.9. The zero-order chi connectivity index (χ0) is 13.9. The number of halogens is 2. The lowest BCUT2D eigenvalue weighted by Gasteiger charge is -2.14. The third-order valence-corrected chi connectivity index (χ3v) is 3.79. The van der Waals surface area contributed by atoms with E-state index in [4.69, 9.17) is 0 Å². The second kappa shape index (κ2) is 6.10. The number of aliphatic hydroxyl groups is 1. The Morgan fingerprint density at radius 1 is 1.39 bits per heavy atom. The Morgan fingerprint density at radius 3 is 2.44 bits per heavy atom. The van der Waals surface area contributed by atoms with E-state index in [1.165, 1.54) is 6.07 Å². The van der Waals surface area contributed by atoms with Crippen molar-refractivity contribution < 1.29 is 18.8 Å². The predicted octanol–water partition coefficient (Wildman–Crippen LogP) is 3.39. The van der Waals surface area contributed by atoms with Crippen molar-refractivity contribution in [1.82, 2.24) is 0 Å². The highest BCUT2D eigenvalue weighted by Gasteiger charge is 2.21. The summed E-state index contributed by atoms with van der Waals surface area (Å²) >= 11 is 1.09. The number of rotatable bonds is 5. The Bertz CT molecular complexity index is 440. The molecule has 1 aromatic rings. The first kappa shape index (κ1) is 14.8. The quantitative estimate of drug-likeness (QED) is 0.509. The minimum Gasteiger partial charge on any atom is -0.392 e. The van der Waals surface area contributed by atoms with Crippen LogP contribution in [0.3, 0.4) is 0 Å². The van der Waals surface area contributed by atoms with Crippen LogP contribution in [0, 0.1) is 10.1 Å². The molecule has 0 saturated heterocycles. The van der Waals surface area contributed by atoms with Crippen LogP contribution >= 0.6 is 11.8 Å². The van der Waals surface area contributed by atoms with Gasteiger partial charge in [0, 0.05) is 16.9 Å². The van der Waals surface area contributed by atoms with Crippen LogP contribution in [0.5, 0.6) is 0 Å². The van der Waals surface area contributed by atoms with Gasteiger partial charge in [-0.15, -0.1) is 11.8 Å². The monoisotopic (exact) mass is 277 g/mol. The molecule has 2 atom stereocenters. The lowest BCUT2D eigenvalue weighted by Crippen LogP contribution is -2.15. The summed E-state index contributed by atoms with van der Waals surface area (Å²) in [7, 11) is 0. The van der Waals surface area contributed by atoms with E-state index in [0.29, 0.717) is 0 Å². The third-order valence-electron chi connectivity index (χ3n) is 2.42. The standard InChI is InChI=1S/C11H13F2NO3S/c1-6(15)7(2)18-10-4-3-8(11(12)13)5-9(10)14(16)17/h3-7,11,15H,1-2H3. The maximum absolute atomic E-state index is 12.5. The number of alkyl halides is 2. The Balaban J connectivity index is 3.08. The van der Waals surface area contributed by atoms with Crippen LogP contribution in [0.4, 0.5) is 14.5 Å². The van der Waals surface area contributed by atoms with E-state index in [9.17, 15) is 24.0 Å². The molecule has 0 aromatic heterocycles. The predicted molar refractivity (Wildman–Crippen MR) is 65.1 cm³/mol. The van der Waals surface area contributed by atoms with Gasteiger partial charge in [-0.2, -0.15) is 0 Å². The fourth-order valence-corrected chi connectivity index (χ4v) is 2.21. The molecule has 0 spiro atoms. The first-order valence-corrected chi connectivity index (χ1v) is 6.12. The SMILES string of the molecule is CC(O)C(C)Sc1ccc(C(F)F)cc1[N+](=O)[O-]. The van der Waals surface area contributed by atoms with Gasteiger partial charge in [0.25, 0.3) is 12.1 Å². The third kappa shape index (κ3) is 3.64. The van der Waals surface area contributed by atoms with Gasteiger partial charge in [-0.05, 0) is 13.0 Å². The minimum absolute atomic E-state index is 0.263. The average Bonchev–Trinajstić information content (AvgIpc) is 2.28. The van der Waals surface area contributed by atoms with Crippen LogP contribution in [0.2, 0.25) is 0 Å². The van der Waals surface area contributed by atoms with Crippen molar-refractivity contribution >= 4 is 17.4 Å². The second-order valence-electron chi connectivity index (χ2n) is 3.85.